The van der Waals surface area contributed by atoms with Crippen LogP contribution < -0.4 is 5.73 Å². The van der Waals surface area contributed by atoms with Crippen molar-refractivity contribution < 1.29 is 4.79 Å². The van der Waals surface area contributed by atoms with E-state index in [0.717, 1.165) is 49.6 Å². The number of thiazole rings is 1. The average molecular weight is 467 g/mol. The van der Waals surface area contributed by atoms with Gasteiger partial charge in [0.05, 0.1) is 12.2 Å². The van der Waals surface area contributed by atoms with E-state index in [1.807, 2.05) is 49.4 Å². The third-order valence-electron chi connectivity index (χ3n) is 6.27. The first-order valence-electron chi connectivity index (χ1n) is 11.3. The molecule has 2 aromatic carbocycles. The molecular weight excluding hydrogens is 440 g/mol. The van der Waals surface area contributed by atoms with E-state index in [1.165, 1.54) is 0 Å². The molecule has 0 bridgehead atoms. The van der Waals surface area contributed by atoms with Crippen LogP contribution in [0.4, 0.5) is 5.82 Å². The van der Waals surface area contributed by atoms with Gasteiger partial charge in [0.25, 0.3) is 0 Å². The summed E-state index contributed by atoms with van der Waals surface area (Å²) >= 11 is 1.65. The largest absolute Gasteiger partial charge is 0.383 e. The third-order valence-corrected chi connectivity index (χ3v) is 7.21. The van der Waals surface area contributed by atoms with Crippen molar-refractivity contribution in [3.8, 4) is 10.6 Å². The second-order valence-electron chi connectivity index (χ2n) is 8.56. The summed E-state index contributed by atoms with van der Waals surface area (Å²) in [5, 5.41) is 5.11. The zero-order valence-corrected chi connectivity index (χ0v) is 20.1. The van der Waals surface area contributed by atoms with E-state index in [4.69, 9.17) is 10.7 Å². The highest BCUT2D eigenvalue weighted by molar-refractivity contribution is 7.13. The number of ketones is 1. The highest BCUT2D eigenvalue weighted by Gasteiger charge is 2.17. The number of nitrogen functional groups attached to an aromatic ring is 1. The zero-order chi connectivity index (χ0) is 23.7. The monoisotopic (exact) mass is 466 g/mol. The summed E-state index contributed by atoms with van der Waals surface area (Å²) in [7, 11) is 0. The Labute approximate surface area is 202 Å². The molecule has 5 nitrogen and oxygen atoms in total. The maximum absolute atomic E-state index is 13.1. The lowest BCUT2D eigenvalue weighted by Gasteiger charge is -2.08. The molecule has 0 saturated heterocycles. The normalized spacial score (nSPS) is 11.2. The Morgan fingerprint density at radius 2 is 1.88 bits per heavy atom. The summed E-state index contributed by atoms with van der Waals surface area (Å²) in [6, 6.07) is 20.3. The summed E-state index contributed by atoms with van der Waals surface area (Å²) in [4.78, 5) is 22.1. The first kappa shape index (κ1) is 22.0. The van der Waals surface area contributed by atoms with Crippen molar-refractivity contribution >= 4 is 33.7 Å². The number of aryl methyl sites for hydroxylation is 2. The molecule has 2 N–H and O–H groups in total. The Bertz CT molecular complexity index is 1480. The van der Waals surface area contributed by atoms with E-state index in [-0.39, 0.29) is 5.78 Å². The van der Waals surface area contributed by atoms with Gasteiger partial charge in [-0.1, -0.05) is 48.5 Å². The Morgan fingerprint density at radius 1 is 1.06 bits per heavy atom. The van der Waals surface area contributed by atoms with Crippen LogP contribution in [0.5, 0.6) is 0 Å². The molecule has 3 heterocycles. The molecule has 0 fully saturated rings. The van der Waals surface area contributed by atoms with Gasteiger partial charge in [-0.25, -0.2) is 9.97 Å². The minimum atomic E-state index is 0.164. The molecule has 0 aliphatic carbocycles. The highest BCUT2D eigenvalue weighted by Crippen LogP contribution is 2.26. The van der Waals surface area contributed by atoms with Gasteiger partial charge in [-0.15, -0.1) is 11.3 Å². The smallest absolute Gasteiger partial charge is 0.165 e. The number of hydrogen-bond acceptors (Lipinski definition) is 5. The van der Waals surface area contributed by atoms with Gasteiger partial charge in [-0.2, -0.15) is 0 Å². The van der Waals surface area contributed by atoms with Crippen LogP contribution in [-0.4, -0.2) is 20.3 Å². The molecule has 3 aromatic heterocycles. The molecule has 170 valence electrons. The Hall–Kier alpha value is -3.77. The number of anilines is 1. The molecule has 5 rings (SSSR count). The van der Waals surface area contributed by atoms with E-state index >= 15 is 0 Å². The molecule has 0 aliphatic rings. The summed E-state index contributed by atoms with van der Waals surface area (Å²) in [5.41, 5.74) is 12.1. The van der Waals surface area contributed by atoms with Crippen LogP contribution in [0.1, 0.15) is 39.4 Å². The number of nitrogens with two attached hydrogens (primary N) is 1. The first-order valence-corrected chi connectivity index (χ1v) is 12.2. The third kappa shape index (κ3) is 4.37. The van der Waals surface area contributed by atoms with Crippen molar-refractivity contribution in [3.05, 3.63) is 100 Å². The standard InChI is InChI=1S/C28H26N4OS/c1-18-14-25(26(33)11-9-20-8-10-24-22(15-20)12-13-30-27(24)29)19(2)32(18)16-23-17-34-28(31-23)21-6-4-3-5-7-21/h3-8,10,12-15,17H,9,11,16H2,1-2H3,(H2,29,30). The Balaban J connectivity index is 1.30. The zero-order valence-electron chi connectivity index (χ0n) is 19.3. The average Bonchev–Trinajstić information content (AvgIpc) is 3.43. The van der Waals surface area contributed by atoms with Crippen LogP contribution in [0.25, 0.3) is 21.3 Å². The fourth-order valence-corrected chi connectivity index (χ4v) is 5.20. The molecule has 34 heavy (non-hydrogen) atoms. The summed E-state index contributed by atoms with van der Waals surface area (Å²) in [6.07, 6.45) is 2.87. The maximum atomic E-state index is 13.1. The number of fused-ring (bicyclic) bond motifs is 1. The number of aromatic nitrogens is 3. The molecule has 0 aliphatic heterocycles. The van der Waals surface area contributed by atoms with Crippen molar-refractivity contribution in [3.63, 3.8) is 0 Å². The van der Waals surface area contributed by atoms with Crippen molar-refractivity contribution in [2.24, 2.45) is 0 Å². The quantitative estimate of drug-likeness (QED) is 0.289. The number of benzene rings is 2. The minimum Gasteiger partial charge on any atom is -0.383 e. The van der Waals surface area contributed by atoms with Gasteiger partial charge in [-0.05, 0) is 43.4 Å². The SMILES string of the molecule is Cc1cc(C(=O)CCc2ccc3c(N)nccc3c2)c(C)n1Cc1csc(-c2ccccc2)n1. The lowest BCUT2D eigenvalue weighted by atomic mass is 10.0. The van der Waals surface area contributed by atoms with Crippen molar-refractivity contribution in [2.45, 2.75) is 33.2 Å². The summed E-state index contributed by atoms with van der Waals surface area (Å²) < 4.78 is 2.18. The number of hydrogen-bond donors (Lipinski definition) is 1. The second-order valence-corrected chi connectivity index (χ2v) is 9.41. The van der Waals surface area contributed by atoms with Crippen LogP contribution in [0.2, 0.25) is 0 Å². The molecule has 0 radical (unpaired) electrons. The molecule has 0 spiro atoms. The summed E-state index contributed by atoms with van der Waals surface area (Å²) in [6.45, 7) is 4.74. The highest BCUT2D eigenvalue weighted by atomic mass is 32.1. The second kappa shape index (κ2) is 9.23. The van der Waals surface area contributed by atoms with Gasteiger partial charge in [0.2, 0.25) is 0 Å². The van der Waals surface area contributed by atoms with Crippen LogP contribution in [0, 0.1) is 13.8 Å². The van der Waals surface area contributed by atoms with E-state index in [0.29, 0.717) is 25.2 Å². The van der Waals surface area contributed by atoms with E-state index in [1.54, 1.807) is 17.5 Å². The van der Waals surface area contributed by atoms with Crippen LogP contribution in [0.3, 0.4) is 0 Å². The van der Waals surface area contributed by atoms with Crippen molar-refractivity contribution in [2.75, 3.05) is 5.73 Å². The number of nitrogens with zero attached hydrogens (tertiary/aromatic N) is 3. The minimum absolute atomic E-state index is 0.164. The topological polar surface area (TPSA) is 73.8 Å². The molecule has 0 amide bonds. The van der Waals surface area contributed by atoms with Crippen LogP contribution in [-0.2, 0) is 13.0 Å². The molecule has 0 saturated carbocycles. The molecule has 6 heteroatoms. The Kier molecular flexibility index (Phi) is 5.99. The lowest BCUT2D eigenvalue weighted by molar-refractivity contribution is 0.0982. The first-order chi connectivity index (χ1) is 16.5. The lowest BCUT2D eigenvalue weighted by Crippen LogP contribution is -2.07. The van der Waals surface area contributed by atoms with E-state index in [2.05, 4.69) is 40.1 Å². The number of carbonyl (C=O) groups excluding carboxylic acids is 1. The van der Waals surface area contributed by atoms with Gasteiger partial charge < -0.3 is 10.3 Å². The number of pyridine rings is 1. The van der Waals surface area contributed by atoms with Gasteiger partial charge in [0.15, 0.2) is 5.78 Å². The Morgan fingerprint density at radius 3 is 2.71 bits per heavy atom. The molecule has 0 atom stereocenters. The van der Waals surface area contributed by atoms with Crippen LogP contribution >= 0.6 is 11.3 Å². The predicted octanol–water partition coefficient (Wildman–Crippen LogP) is 6.22. The number of Topliss-reactive ketones (excluding diaryl/α,β-unsaturated/α-hetero) is 1. The number of carbonyl (C=O) groups is 1. The molecule has 5 aromatic rings. The van der Waals surface area contributed by atoms with Gasteiger partial charge >= 0.3 is 0 Å². The molecular formula is C28H26N4OS. The van der Waals surface area contributed by atoms with E-state index in [9.17, 15) is 4.79 Å². The van der Waals surface area contributed by atoms with Gasteiger partial charge in [0, 0.05) is 45.9 Å². The van der Waals surface area contributed by atoms with Crippen LogP contribution in [0.15, 0.2) is 72.2 Å². The van der Waals surface area contributed by atoms with Gasteiger partial charge in [-0.3, -0.25) is 4.79 Å². The fraction of sp³-hybridized carbons (Fsp3) is 0.179. The fourth-order valence-electron chi connectivity index (χ4n) is 4.38. The predicted molar refractivity (Wildman–Crippen MR) is 139 cm³/mol. The summed E-state index contributed by atoms with van der Waals surface area (Å²) in [5.74, 6) is 0.695. The number of rotatable bonds is 7. The van der Waals surface area contributed by atoms with Crippen molar-refractivity contribution in [1.29, 1.82) is 0 Å². The van der Waals surface area contributed by atoms with E-state index < -0.39 is 0 Å². The van der Waals surface area contributed by atoms with Crippen molar-refractivity contribution in [1.82, 2.24) is 14.5 Å². The molecule has 0 unspecified atom stereocenters. The van der Waals surface area contributed by atoms with Gasteiger partial charge in [0.1, 0.15) is 10.8 Å². The maximum Gasteiger partial charge on any atom is 0.165 e.